The predicted octanol–water partition coefficient (Wildman–Crippen LogP) is 2.34. The van der Waals surface area contributed by atoms with Gasteiger partial charge in [-0.1, -0.05) is 11.6 Å². The van der Waals surface area contributed by atoms with Crippen LogP contribution in [0.1, 0.15) is 29.6 Å². The van der Waals surface area contributed by atoms with Crippen LogP contribution in [0.5, 0.6) is 11.5 Å². The molecule has 0 spiro atoms. The summed E-state index contributed by atoms with van der Waals surface area (Å²) in [6.07, 6.45) is 0.763. The van der Waals surface area contributed by atoms with E-state index < -0.39 is 33.8 Å². The summed E-state index contributed by atoms with van der Waals surface area (Å²) in [7, 11) is -2.82. The molecule has 4 rings (SSSR count). The van der Waals surface area contributed by atoms with Gasteiger partial charge >= 0.3 is 0 Å². The summed E-state index contributed by atoms with van der Waals surface area (Å²) in [6.45, 7) is 0.129. The SMILES string of the molecule is COc1ccc(Cl)cc1S(=O)(=O)N1[C@@H]2CC[C@H]1CC(=O)NCCOc1ccc(F)cc1C(=O)NC2. The summed E-state index contributed by atoms with van der Waals surface area (Å²) in [6, 6.07) is 6.55. The maximum atomic E-state index is 13.9. The van der Waals surface area contributed by atoms with Gasteiger partial charge in [0.2, 0.25) is 15.9 Å². The van der Waals surface area contributed by atoms with E-state index in [4.69, 9.17) is 21.1 Å². The molecular weight excluding hydrogens is 501 g/mol. The highest BCUT2D eigenvalue weighted by molar-refractivity contribution is 7.89. The molecule has 2 aromatic rings. The molecule has 2 aromatic carbocycles. The van der Waals surface area contributed by atoms with E-state index in [1.165, 1.54) is 41.7 Å². The van der Waals surface area contributed by atoms with E-state index in [-0.39, 0.29) is 59.0 Å². The lowest BCUT2D eigenvalue weighted by Gasteiger charge is -2.30. The Morgan fingerprint density at radius 3 is 2.66 bits per heavy atom. The van der Waals surface area contributed by atoms with E-state index in [9.17, 15) is 22.4 Å². The van der Waals surface area contributed by atoms with Crippen LogP contribution in [-0.4, -0.2) is 63.4 Å². The first-order valence-corrected chi connectivity index (χ1v) is 12.9. The van der Waals surface area contributed by atoms with Crippen LogP contribution in [-0.2, 0) is 14.8 Å². The zero-order valence-corrected chi connectivity index (χ0v) is 20.5. The zero-order chi connectivity index (χ0) is 25.2. The number of fused-ring (bicyclic) bond motifs is 3. The van der Waals surface area contributed by atoms with Gasteiger partial charge in [0.05, 0.1) is 19.2 Å². The van der Waals surface area contributed by atoms with Crippen LogP contribution in [0.25, 0.3) is 0 Å². The van der Waals surface area contributed by atoms with Crippen LogP contribution in [0.3, 0.4) is 0 Å². The minimum atomic E-state index is -4.17. The standard InChI is InChI=1S/C23H25ClFN3O6S/c1-33-20-6-2-14(24)10-21(20)35(31,32)28-16-4-5-17(28)13-27-23(30)18-11-15(25)3-7-19(18)34-9-8-26-22(29)12-16/h2-3,6-7,10-11,16-17H,4-5,8-9,12-13H2,1H3,(H,26,29)(H,27,30)/t16-,17+/m0/s1. The third kappa shape index (κ3) is 5.36. The van der Waals surface area contributed by atoms with Crippen molar-refractivity contribution in [2.45, 2.75) is 36.2 Å². The molecule has 0 radical (unpaired) electrons. The molecule has 12 heteroatoms. The molecule has 188 valence electrons. The molecular formula is C23H25ClFN3O6S. The molecule has 0 aliphatic carbocycles. The molecule has 0 aromatic heterocycles. The third-order valence-electron chi connectivity index (χ3n) is 6.02. The first-order chi connectivity index (χ1) is 16.7. The molecule has 35 heavy (non-hydrogen) atoms. The number of carbonyl (C=O) groups is 2. The summed E-state index contributed by atoms with van der Waals surface area (Å²) in [5.74, 6) is -1.27. The fourth-order valence-electron chi connectivity index (χ4n) is 4.43. The molecule has 1 fully saturated rings. The topological polar surface area (TPSA) is 114 Å². The highest BCUT2D eigenvalue weighted by Gasteiger charge is 2.44. The quantitative estimate of drug-likeness (QED) is 0.636. The molecule has 2 atom stereocenters. The van der Waals surface area contributed by atoms with Gasteiger partial charge in [0, 0.05) is 30.1 Å². The van der Waals surface area contributed by atoms with Crippen molar-refractivity contribution in [2.75, 3.05) is 26.8 Å². The Bertz CT molecular complexity index is 1240. The molecule has 2 amide bonds. The second-order valence-corrected chi connectivity index (χ2v) is 10.5. The van der Waals surface area contributed by atoms with E-state index in [0.29, 0.717) is 12.8 Å². The molecule has 9 nitrogen and oxygen atoms in total. The smallest absolute Gasteiger partial charge is 0.255 e. The van der Waals surface area contributed by atoms with Crippen LogP contribution in [0.2, 0.25) is 5.02 Å². The maximum Gasteiger partial charge on any atom is 0.255 e. The van der Waals surface area contributed by atoms with Gasteiger partial charge in [0.15, 0.2) is 0 Å². The Balaban J connectivity index is 1.71. The number of nitrogens with zero attached hydrogens (tertiary/aromatic N) is 1. The lowest BCUT2D eigenvalue weighted by molar-refractivity contribution is -0.121. The second kappa shape index (κ2) is 10.4. The molecule has 1 saturated heterocycles. The number of nitrogens with one attached hydrogen (secondary N) is 2. The van der Waals surface area contributed by atoms with Crippen molar-refractivity contribution in [1.82, 2.24) is 14.9 Å². The van der Waals surface area contributed by atoms with Crippen molar-refractivity contribution in [1.29, 1.82) is 0 Å². The van der Waals surface area contributed by atoms with E-state index >= 15 is 0 Å². The fraction of sp³-hybridized carbons (Fsp3) is 0.391. The highest BCUT2D eigenvalue weighted by atomic mass is 35.5. The minimum absolute atomic E-state index is 0.0196. The summed E-state index contributed by atoms with van der Waals surface area (Å²) >= 11 is 6.09. The number of sulfonamides is 1. The van der Waals surface area contributed by atoms with Gasteiger partial charge in [-0.15, -0.1) is 0 Å². The first kappa shape index (κ1) is 25.2. The van der Waals surface area contributed by atoms with E-state index in [0.717, 1.165) is 6.07 Å². The van der Waals surface area contributed by atoms with Gasteiger partial charge in [-0.2, -0.15) is 4.31 Å². The van der Waals surface area contributed by atoms with Crippen molar-refractivity contribution in [3.05, 3.63) is 52.8 Å². The second-order valence-electron chi connectivity index (χ2n) is 8.27. The number of benzene rings is 2. The monoisotopic (exact) mass is 525 g/mol. The van der Waals surface area contributed by atoms with Crippen molar-refractivity contribution in [2.24, 2.45) is 0 Å². The van der Waals surface area contributed by atoms with Crippen LogP contribution in [0.4, 0.5) is 4.39 Å². The Labute approximate surface area is 207 Å². The maximum absolute atomic E-state index is 13.9. The zero-order valence-electron chi connectivity index (χ0n) is 18.9. The van der Waals surface area contributed by atoms with Gasteiger partial charge in [0.25, 0.3) is 5.91 Å². The molecule has 2 aliphatic heterocycles. The third-order valence-corrected chi connectivity index (χ3v) is 8.28. The van der Waals surface area contributed by atoms with E-state index in [2.05, 4.69) is 10.6 Å². The van der Waals surface area contributed by atoms with Crippen molar-refractivity contribution in [3.8, 4) is 11.5 Å². The van der Waals surface area contributed by atoms with Crippen LogP contribution < -0.4 is 20.1 Å². The number of hydrogen-bond donors (Lipinski definition) is 2. The average Bonchev–Trinajstić information content (AvgIpc) is 3.23. The summed E-state index contributed by atoms with van der Waals surface area (Å²) in [5.41, 5.74) is -0.0196. The minimum Gasteiger partial charge on any atom is -0.495 e. The normalized spacial score (nSPS) is 21.8. The van der Waals surface area contributed by atoms with Gasteiger partial charge < -0.3 is 20.1 Å². The molecule has 2 N–H and O–H groups in total. The summed E-state index contributed by atoms with van der Waals surface area (Å²) < 4.78 is 53.6. The van der Waals surface area contributed by atoms with Crippen LogP contribution >= 0.6 is 11.6 Å². The Kier molecular flexibility index (Phi) is 7.48. The first-order valence-electron chi connectivity index (χ1n) is 11.0. The number of amides is 2. The summed E-state index contributed by atoms with van der Waals surface area (Å²) in [4.78, 5) is 25.4. The fourth-order valence-corrected chi connectivity index (χ4v) is 6.72. The number of rotatable bonds is 3. The van der Waals surface area contributed by atoms with Crippen LogP contribution in [0.15, 0.2) is 41.3 Å². The predicted molar refractivity (Wildman–Crippen MR) is 126 cm³/mol. The lowest BCUT2D eigenvalue weighted by Crippen LogP contribution is -2.48. The van der Waals surface area contributed by atoms with Gasteiger partial charge in [-0.25, -0.2) is 12.8 Å². The highest BCUT2D eigenvalue weighted by Crippen LogP contribution is 2.37. The van der Waals surface area contributed by atoms with Crippen LogP contribution in [0, 0.1) is 5.82 Å². The average molecular weight is 526 g/mol. The Morgan fingerprint density at radius 1 is 1.11 bits per heavy atom. The Morgan fingerprint density at radius 2 is 1.89 bits per heavy atom. The number of methoxy groups -OCH3 is 1. The van der Waals surface area contributed by atoms with Gasteiger partial charge in [0.1, 0.15) is 28.8 Å². The van der Waals surface area contributed by atoms with Crippen molar-refractivity contribution in [3.63, 3.8) is 0 Å². The largest absolute Gasteiger partial charge is 0.495 e. The number of hydrogen-bond acceptors (Lipinski definition) is 6. The van der Waals surface area contributed by atoms with Crippen molar-refractivity contribution < 1.29 is 31.9 Å². The molecule has 0 unspecified atom stereocenters. The van der Waals surface area contributed by atoms with E-state index in [1.807, 2.05) is 0 Å². The summed E-state index contributed by atoms with van der Waals surface area (Å²) in [5, 5.41) is 5.62. The van der Waals surface area contributed by atoms with Crippen molar-refractivity contribution >= 4 is 33.4 Å². The van der Waals surface area contributed by atoms with Gasteiger partial charge in [-0.05, 0) is 49.2 Å². The number of carbonyl (C=O) groups excluding carboxylic acids is 2. The molecule has 2 aliphatic rings. The lowest BCUT2D eigenvalue weighted by atomic mass is 10.1. The number of halogens is 2. The van der Waals surface area contributed by atoms with Gasteiger partial charge in [-0.3, -0.25) is 9.59 Å². The van der Waals surface area contributed by atoms with E-state index in [1.54, 1.807) is 0 Å². The Hall–Kier alpha value is -2.89. The number of ether oxygens (including phenoxy) is 2. The molecule has 0 saturated carbocycles. The molecule has 2 heterocycles. The molecule has 2 bridgehead atoms.